The van der Waals surface area contributed by atoms with Crippen LogP contribution in [0.15, 0.2) is 6.20 Å². The normalized spacial score (nSPS) is 22.8. The van der Waals surface area contributed by atoms with Crippen LogP contribution in [-0.2, 0) is 4.79 Å². The van der Waals surface area contributed by atoms with Crippen LogP contribution < -0.4 is 10.6 Å². The van der Waals surface area contributed by atoms with E-state index in [0.29, 0.717) is 5.82 Å². The van der Waals surface area contributed by atoms with Crippen LogP contribution in [0, 0.1) is 5.92 Å². The minimum Gasteiger partial charge on any atom is -0.481 e. The van der Waals surface area contributed by atoms with Crippen molar-refractivity contribution in [2.75, 3.05) is 17.2 Å². The Kier molecular flexibility index (Phi) is 2.22. The number of aromatic nitrogens is 2. The first-order valence-corrected chi connectivity index (χ1v) is 5.74. The molecule has 18 heavy (non-hydrogen) atoms. The first kappa shape index (κ1) is 10.9. The topological polar surface area (TPSA) is 109 Å². The molecule has 0 saturated heterocycles. The van der Waals surface area contributed by atoms with Crippen LogP contribution in [0.1, 0.15) is 23.2 Å². The largest absolute Gasteiger partial charge is 0.481 e. The SMILES string of the molecule is Nc1ncc2c(n1)N(C1CC1)CC(C(=O)O)C2=O. The summed E-state index contributed by atoms with van der Waals surface area (Å²) in [5.41, 5.74) is 5.79. The monoisotopic (exact) mass is 248 g/mol. The number of Topliss-reactive ketones (excluding diaryl/α,β-unsaturated/α-hetero) is 1. The Morgan fingerprint density at radius 1 is 1.50 bits per heavy atom. The zero-order valence-electron chi connectivity index (χ0n) is 9.54. The number of nitrogens with zero attached hydrogens (tertiary/aromatic N) is 3. The Balaban J connectivity index is 2.09. The van der Waals surface area contributed by atoms with E-state index in [1.54, 1.807) is 0 Å². The molecular weight excluding hydrogens is 236 g/mol. The molecule has 1 saturated carbocycles. The van der Waals surface area contributed by atoms with Gasteiger partial charge in [-0.3, -0.25) is 9.59 Å². The highest BCUT2D eigenvalue weighted by molar-refractivity contribution is 6.12. The number of rotatable bonds is 2. The number of carbonyl (C=O) groups is 2. The lowest BCUT2D eigenvalue weighted by atomic mass is 9.94. The maximum absolute atomic E-state index is 12.0. The fourth-order valence-corrected chi connectivity index (χ4v) is 2.23. The average Bonchev–Trinajstić information content (AvgIpc) is 3.13. The van der Waals surface area contributed by atoms with E-state index in [0.717, 1.165) is 12.8 Å². The van der Waals surface area contributed by atoms with E-state index in [1.807, 2.05) is 4.90 Å². The average molecular weight is 248 g/mol. The number of carboxylic acids is 1. The van der Waals surface area contributed by atoms with Crippen molar-refractivity contribution in [2.45, 2.75) is 18.9 Å². The Morgan fingerprint density at radius 3 is 2.83 bits per heavy atom. The van der Waals surface area contributed by atoms with Crippen molar-refractivity contribution in [1.82, 2.24) is 9.97 Å². The lowest BCUT2D eigenvalue weighted by Gasteiger charge is -2.32. The molecule has 2 aliphatic rings. The number of aliphatic carboxylic acids is 1. The minimum absolute atomic E-state index is 0.0981. The lowest BCUT2D eigenvalue weighted by molar-refractivity contribution is -0.139. The molecule has 0 aromatic carbocycles. The second-order valence-corrected chi connectivity index (χ2v) is 4.60. The van der Waals surface area contributed by atoms with E-state index < -0.39 is 17.7 Å². The first-order chi connectivity index (χ1) is 8.58. The number of ketones is 1. The summed E-state index contributed by atoms with van der Waals surface area (Å²) in [6.45, 7) is 0.169. The Morgan fingerprint density at radius 2 is 2.22 bits per heavy atom. The van der Waals surface area contributed by atoms with Crippen LogP contribution >= 0.6 is 0 Å². The van der Waals surface area contributed by atoms with E-state index in [4.69, 9.17) is 10.8 Å². The predicted molar refractivity (Wildman–Crippen MR) is 62.3 cm³/mol. The van der Waals surface area contributed by atoms with E-state index in [9.17, 15) is 9.59 Å². The zero-order valence-corrected chi connectivity index (χ0v) is 9.54. The van der Waals surface area contributed by atoms with Gasteiger partial charge in [0.15, 0.2) is 5.78 Å². The summed E-state index contributed by atoms with van der Waals surface area (Å²) in [7, 11) is 0. The third-order valence-electron chi connectivity index (χ3n) is 3.31. The molecule has 0 bridgehead atoms. The van der Waals surface area contributed by atoms with E-state index in [2.05, 4.69) is 9.97 Å². The predicted octanol–water partition coefficient (Wildman–Crippen LogP) is -0.0753. The summed E-state index contributed by atoms with van der Waals surface area (Å²) >= 11 is 0. The van der Waals surface area contributed by atoms with Gasteiger partial charge in [-0.25, -0.2) is 4.98 Å². The molecule has 3 N–H and O–H groups in total. The third-order valence-corrected chi connectivity index (χ3v) is 3.31. The molecule has 0 radical (unpaired) electrons. The molecule has 94 valence electrons. The van der Waals surface area contributed by atoms with Crippen molar-refractivity contribution < 1.29 is 14.7 Å². The van der Waals surface area contributed by atoms with Crippen LogP contribution in [0.5, 0.6) is 0 Å². The standard InChI is InChI=1S/C11H12N4O3/c12-11-13-3-6-8(16)7(10(17)18)4-15(5-1-2-5)9(6)14-11/h3,5,7H,1-2,4H2,(H,17,18)(H2,12,13,14). The Bertz CT molecular complexity index is 541. The smallest absolute Gasteiger partial charge is 0.316 e. The van der Waals surface area contributed by atoms with Gasteiger partial charge < -0.3 is 15.7 Å². The molecular formula is C11H12N4O3. The van der Waals surface area contributed by atoms with Gasteiger partial charge in [-0.05, 0) is 12.8 Å². The third kappa shape index (κ3) is 1.59. The zero-order chi connectivity index (χ0) is 12.9. The summed E-state index contributed by atoms with van der Waals surface area (Å²) in [5.74, 6) is -2.00. The Hall–Kier alpha value is -2.18. The number of hydrogen-bond acceptors (Lipinski definition) is 6. The fraction of sp³-hybridized carbons (Fsp3) is 0.455. The lowest BCUT2D eigenvalue weighted by Crippen LogP contribution is -2.44. The summed E-state index contributed by atoms with van der Waals surface area (Å²) in [4.78, 5) is 32.9. The van der Waals surface area contributed by atoms with E-state index in [1.165, 1.54) is 6.20 Å². The molecule has 1 aromatic rings. The van der Waals surface area contributed by atoms with Crippen molar-refractivity contribution in [2.24, 2.45) is 5.92 Å². The van der Waals surface area contributed by atoms with Crippen molar-refractivity contribution in [3.05, 3.63) is 11.8 Å². The maximum Gasteiger partial charge on any atom is 0.316 e. The molecule has 1 atom stereocenters. The van der Waals surface area contributed by atoms with Crippen LogP contribution in [0.25, 0.3) is 0 Å². The van der Waals surface area contributed by atoms with Crippen molar-refractivity contribution in [3.8, 4) is 0 Å². The summed E-state index contributed by atoms with van der Waals surface area (Å²) in [6, 6.07) is 0.271. The molecule has 0 amide bonds. The highest BCUT2D eigenvalue weighted by Gasteiger charge is 2.43. The van der Waals surface area contributed by atoms with Gasteiger partial charge in [0, 0.05) is 18.8 Å². The number of carboxylic acid groups (broad SMARTS) is 1. The maximum atomic E-state index is 12.0. The van der Waals surface area contributed by atoms with Gasteiger partial charge in [-0.1, -0.05) is 0 Å². The molecule has 2 heterocycles. The van der Waals surface area contributed by atoms with E-state index in [-0.39, 0.29) is 24.1 Å². The molecule has 7 nitrogen and oxygen atoms in total. The van der Waals surface area contributed by atoms with Crippen molar-refractivity contribution in [1.29, 1.82) is 0 Å². The second kappa shape index (κ2) is 3.66. The summed E-state index contributed by atoms with van der Waals surface area (Å²) in [5, 5.41) is 9.10. The van der Waals surface area contributed by atoms with Gasteiger partial charge in [0.2, 0.25) is 5.95 Å². The molecule has 1 aliphatic heterocycles. The van der Waals surface area contributed by atoms with Gasteiger partial charge in [-0.15, -0.1) is 0 Å². The van der Waals surface area contributed by atoms with Crippen molar-refractivity contribution >= 4 is 23.5 Å². The molecule has 1 aromatic heterocycles. The number of hydrogen-bond donors (Lipinski definition) is 2. The number of anilines is 2. The number of nitrogens with two attached hydrogens (primary N) is 1. The number of carbonyl (C=O) groups excluding carboxylic acids is 1. The molecule has 3 rings (SSSR count). The second-order valence-electron chi connectivity index (χ2n) is 4.60. The Labute approximate surface area is 103 Å². The molecule has 1 unspecified atom stereocenters. The van der Waals surface area contributed by atoms with Crippen molar-refractivity contribution in [3.63, 3.8) is 0 Å². The van der Waals surface area contributed by atoms with Gasteiger partial charge >= 0.3 is 5.97 Å². The van der Waals surface area contributed by atoms with Crippen LogP contribution in [0.4, 0.5) is 11.8 Å². The van der Waals surface area contributed by atoms with E-state index >= 15 is 0 Å². The highest BCUT2D eigenvalue weighted by atomic mass is 16.4. The molecule has 7 heteroatoms. The fourth-order valence-electron chi connectivity index (χ4n) is 2.23. The molecule has 1 fully saturated rings. The minimum atomic E-state index is -1.10. The number of nitrogen functional groups attached to an aromatic ring is 1. The van der Waals surface area contributed by atoms with Crippen LogP contribution in [0.2, 0.25) is 0 Å². The van der Waals surface area contributed by atoms with Crippen LogP contribution in [0.3, 0.4) is 0 Å². The molecule has 0 spiro atoms. The number of fused-ring (bicyclic) bond motifs is 1. The first-order valence-electron chi connectivity index (χ1n) is 5.74. The van der Waals surface area contributed by atoms with Gasteiger partial charge in [-0.2, -0.15) is 4.98 Å². The van der Waals surface area contributed by atoms with Crippen LogP contribution in [-0.4, -0.2) is 39.4 Å². The summed E-state index contributed by atoms with van der Waals surface area (Å²) < 4.78 is 0. The molecule has 1 aliphatic carbocycles. The van der Waals surface area contributed by atoms with Gasteiger partial charge in [0.25, 0.3) is 0 Å². The highest BCUT2D eigenvalue weighted by Crippen LogP contribution is 2.37. The quantitative estimate of drug-likeness (QED) is 0.704. The van der Waals surface area contributed by atoms with Gasteiger partial charge in [0.05, 0.1) is 5.56 Å². The summed E-state index contributed by atoms with van der Waals surface area (Å²) in [6.07, 6.45) is 3.30. The van der Waals surface area contributed by atoms with Gasteiger partial charge in [0.1, 0.15) is 11.7 Å².